The second-order valence-electron chi connectivity index (χ2n) is 6.70. The second kappa shape index (κ2) is 11.3. The Hall–Kier alpha value is -3.69. The maximum Gasteiger partial charge on any atom is 0.350 e. The maximum atomic E-state index is 10.8. The molecule has 0 saturated heterocycles. The molecule has 2 aromatic rings. The molecule has 0 aliphatic carbocycles. The predicted molar refractivity (Wildman–Crippen MR) is 108 cm³/mol. The van der Waals surface area contributed by atoms with Crippen molar-refractivity contribution in [2.75, 3.05) is 0 Å². The molecule has 0 bridgehead atoms. The topological polar surface area (TPSA) is 133 Å². The molecule has 0 aromatic carbocycles. The minimum absolute atomic E-state index is 0.0258. The Kier molecular flexibility index (Phi) is 8.55. The lowest BCUT2D eigenvalue weighted by Gasteiger charge is -2.04. The van der Waals surface area contributed by atoms with Crippen molar-refractivity contribution in [1.82, 2.24) is 4.57 Å². The van der Waals surface area contributed by atoms with Crippen LogP contribution in [-0.2, 0) is 22.7 Å². The molecule has 158 valence electrons. The van der Waals surface area contributed by atoms with Crippen LogP contribution in [0.25, 0.3) is 0 Å². The fourth-order valence-corrected chi connectivity index (χ4v) is 2.38. The van der Waals surface area contributed by atoms with Crippen molar-refractivity contribution in [1.29, 1.82) is 0 Å². The first-order valence-corrected chi connectivity index (χ1v) is 9.47. The molecule has 0 fully saturated rings. The van der Waals surface area contributed by atoms with Crippen LogP contribution in [0.5, 0.6) is 0 Å². The van der Waals surface area contributed by atoms with Gasteiger partial charge in [0.15, 0.2) is 5.49 Å². The van der Waals surface area contributed by atoms with Crippen LogP contribution in [0.15, 0.2) is 69.2 Å². The first kappa shape index (κ1) is 22.6. The Labute approximate surface area is 173 Å². The van der Waals surface area contributed by atoms with Gasteiger partial charge in [-0.3, -0.25) is 9.59 Å². The number of aliphatic carboxylic acids is 2. The summed E-state index contributed by atoms with van der Waals surface area (Å²) in [5.41, 5.74) is 0.503. The molecule has 0 aliphatic rings. The first-order valence-electron chi connectivity index (χ1n) is 9.47. The number of carbonyl (C=O) groups is 2. The molecule has 30 heavy (non-hydrogen) atoms. The number of nitrogens with zero attached hydrogens (tertiary/aromatic N) is 6. The monoisotopic (exact) mass is 413 g/mol. The fraction of sp³-hybridized carbons (Fsp3) is 0.350. The summed E-state index contributed by atoms with van der Waals surface area (Å²) in [5, 5.41) is 34.6. The number of azo groups is 1. The SMILES string of the molecule is CC(C)C(N=Nc1cccc[n+]1CCC(=O)O)=NN=c1ccccn1CCC(=O)O. The Morgan fingerprint density at radius 1 is 1.07 bits per heavy atom. The quantitative estimate of drug-likeness (QED) is 0.215. The number of carboxylic acid groups (broad SMARTS) is 2. The standard InChI is InChI=1S/C20H24N6O4/c1-15(2)20(23-21-16-7-3-5-11-25(16)13-9-18(27)28)24-22-17-8-4-6-12-26(17)14-10-19(29)30/h3-8,11-12,15H,9-10,13-14H2,1-2H3,(H-,27,28,29,30)/p+1. The summed E-state index contributed by atoms with van der Waals surface area (Å²) >= 11 is 0. The van der Waals surface area contributed by atoms with Crippen LogP contribution in [0.3, 0.4) is 0 Å². The fourth-order valence-electron chi connectivity index (χ4n) is 2.38. The summed E-state index contributed by atoms with van der Waals surface area (Å²) in [6.45, 7) is 4.36. The summed E-state index contributed by atoms with van der Waals surface area (Å²) in [6, 6.07) is 10.6. The summed E-state index contributed by atoms with van der Waals surface area (Å²) in [4.78, 5) is 21.7. The molecule has 0 saturated carbocycles. The zero-order valence-electron chi connectivity index (χ0n) is 16.9. The Morgan fingerprint density at radius 2 is 1.80 bits per heavy atom. The van der Waals surface area contributed by atoms with E-state index in [1.807, 2.05) is 13.8 Å². The van der Waals surface area contributed by atoms with E-state index in [0.29, 0.717) is 17.1 Å². The number of aryl methyl sites for hydroxylation is 2. The number of amidine groups is 1. The zero-order chi connectivity index (χ0) is 21.9. The zero-order valence-corrected chi connectivity index (χ0v) is 16.9. The molecule has 0 radical (unpaired) electrons. The van der Waals surface area contributed by atoms with Gasteiger partial charge in [-0.2, -0.15) is 0 Å². The van der Waals surface area contributed by atoms with Gasteiger partial charge in [0, 0.05) is 24.7 Å². The molecule has 0 aliphatic heterocycles. The van der Waals surface area contributed by atoms with E-state index in [1.54, 1.807) is 57.9 Å². The third-order valence-electron chi connectivity index (χ3n) is 3.99. The van der Waals surface area contributed by atoms with Crippen molar-refractivity contribution < 1.29 is 24.4 Å². The van der Waals surface area contributed by atoms with Gasteiger partial charge in [-0.05, 0) is 23.3 Å². The van der Waals surface area contributed by atoms with E-state index < -0.39 is 11.9 Å². The van der Waals surface area contributed by atoms with Gasteiger partial charge < -0.3 is 14.8 Å². The van der Waals surface area contributed by atoms with E-state index >= 15 is 0 Å². The molecule has 0 spiro atoms. The Morgan fingerprint density at radius 3 is 2.50 bits per heavy atom. The van der Waals surface area contributed by atoms with Crippen molar-refractivity contribution in [2.24, 2.45) is 26.3 Å². The number of rotatable bonds is 9. The Balaban J connectivity index is 2.30. The molecule has 0 unspecified atom stereocenters. The largest absolute Gasteiger partial charge is 0.481 e. The number of carboxylic acids is 2. The average molecular weight is 413 g/mol. The molecule has 2 heterocycles. The van der Waals surface area contributed by atoms with E-state index in [4.69, 9.17) is 10.2 Å². The molecule has 0 atom stereocenters. The molecule has 10 nitrogen and oxygen atoms in total. The van der Waals surface area contributed by atoms with Crippen LogP contribution in [0, 0.1) is 5.92 Å². The van der Waals surface area contributed by atoms with Gasteiger partial charge in [0.05, 0.1) is 24.2 Å². The van der Waals surface area contributed by atoms with E-state index in [1.165, 1.54) is 0 Å². The highest BCUT2D eigenvalue weighted by atomic mass is 16.4. The van der Waals surface area contributed by atoms with Crippen LogP contribution < -0.4 is 10.1 Å². The highest BCUT2D eigenvalue weighted by Crippen LogP contribution is 2.08. The van der Waals surface area contributed by atoms with Gasteiger partial charge in [0.25, 0.3) is 0 Å². The molecule has 2 aromatic heterocycles. The van der Waals surface area contributed by atoms with Gasteiger partial charge in [-0.15, -0.1) is 10.2 Å². The Bertz CT molecular complexity index is 1010. The van der Waals surface area contributed by atoms with E-state index in [9.17, 15) is 9.59 Å². The normalized spacial score (nSPS) is 12.6. The van der Waals surface area contributed by atoms with Crippen molar-refractivity contribution in [2.45, 2.75) is 39.8 Å². The van der Waals surface area contributed by atoms with Gasteiger partial charge >= 0.3 is 17.8 Å². The summed E-state index contributed by atoms with van der Waals surface area (Å²) in [7, 11) is 0. The predicted octanol–water partition coefficient (Wildman–Crippen LogP) is 2.38. The lowest BCUT2D eigenvalue weighted by molar-refractivity contribution is -0.683. The maximum absolute atomic E-state index is 10.8. The van der Waals surface area contributed by atoms with Crippen LogP contribution in [-0.4, -0.2) is 32.6 Å². The molecule has 2 rings (SSSR count). The number of hydrogen-bond donors (Lipinski definition) is 2. The molecule has 0 amide bonds. The van der Waals surface area contributed by atoms with E-state index in [-0.39, 0.29) is 31.8 Å². The molecular formula is C20H25N6O4+. The van der Waals surface area contributed by atoms with Crippen LogP contribution >= 0.6 is 0 Å². The molecule has 2 N–H and O–H groups in total. The minimum Gasteiger partial charge on any atom is -0.481 e. The van der Waals surface area contributed by atoms with Crippen molar-refractivity contribution in [3.63, 3.8) is 0 Å². The third-order valence-corrected chi connectivity index (χ3v) is 3.99. The van der Waals surface area contributed by atoms with Gasteiger partial charge in [0.1, 0.15) is 6.54 Å². The van der Waals surface area contributed by atoms with Crippen LogP contribution in [0.1, 0.15) is 26.7 Å². The molecule has 10 heteroatoms. The van der Waals surface area contributed by atoms with Gasteiger partial charge in [-0.1, -0.05) is 26.0 Å². The van der Waals surface area contributed by atoms with Crippen LogP contribution in [0.2, 0.25) is 0 Å². The highest BCUT2D eigenvalue weighted by molar-refractivity contribution is 5.84. The summed E-state index contributed by atoms with van der Waals surface area (Å²) in [5.74, 6) is -0.960. The van der Waals surface area contributed by atoms with E-state index in [0.717, 1.165) is 0 Å². The summed E-state index contributed by atoms with van der Waals surface area (Å²) < 4.78 is 3.40. The summed E-state index contributed by atoms with van der Waals surface area (Å²) in [6.07, 6.45) is 3.43. The molecular weight excluding hydrogens is 388 g/mol. The number of pyridine rings is 2. The van der Waals surface area contributed by atoms with Crippen molar-refractivity contribution >= 4 is 23.6 Å². The lowest BCUT2D eigenvalue weighted by Crippen LogP contribution is -2.34. The van der Waals surface area contributed by atoms with Crippen molar-refractivity contribution in [3.8, 4) is 0 Å². The minimum atomic E-state index is -0.892. The average Bonchev–Trinajstić information content (AvgIpc) is 2.71. The van der Waals surface area contributed by atoms with Gasteiger partial charge in [-0.25, -0.2) is 4.57 Å². The van der Waals surface area contributed by atoms with E-state index in [2.05, 4.69) is 20.4 Å². The van der Waals surface area contributed by atoms with Gasteiger partial charge in [0.2, 0.25) is 5.84 Å². The third kappa shape index (κ3) is 7.38. The lowest BCUT2D eigenvalue weighted by atomic mass is 10.2. The number of aromatic nitrogens is 2. The van der Waals surface area contributed by atoms with Crippen molar-refractivity contribution in [3.05, 3.63) is 54.3 Å². The highest BCUT2D eigenvalue weighted by Gasteiger charge is 2.13. The van der Waals surface area contributed by atoms with Crippen LogP contribution in [0.4, 0.5) is 5.82 Å². The smallest absolute Gasteiger partial charge is 0.350 e. The second-order valence-corrected chi connectivity index (χ2v) is 6.70. The first-order chi connectivity index (χ1) is 14.4. The number of hydrogen-bond acceptors (Lipinski definition) is 5.